The molecule has 0 saturated heterocycles. The van der Waals surface area contributed by atoms with Gasteiger partial charge in [-0.2, -0.15) is 0 Å². The summed E-state index contributed by atoms with van der Waals surface area (Å²) in [6, 6.07) is 4.40. The van der Waals surface area contributed by atoms with Crippen molar-refractivity contribution in [2.75, 3.05) is 19.5 Å². The Kier molecular flexibility index (Phi) is 3.96. The molecule has 0 amide bonds. The maximum Gasteiger partial charge on any atom is 0.184 e. The van der Waals surface area contributed by atoms with Gasteiger partial charge < -0.3 is 14.8 Å². The monoisotopic (exact) mass is 292 g/mol. The van der Waals surface area contributed by atoms with E-state index in [1.165, 1.54) is 32.1 Å². The summed E-state index contributed by atoms with van der Waals surface area (Å²) in [5, 5.41) is 4.54. The number of hydrogen-bond donors (Lipinski definition) is 1. The number of benzene rings is 1. The number of thiazole rings is 1. The molecule has 0 radical (unpaired) electrons. The van der Waals surface area contributed by atoms with Gasteiger partial charge >= 0.3 is 0 Å². The Morgan fingerprint density at radius 3 is 2.50 bits per heavy atom. The molecule has 1 aromatic heterocycles. The number of nitrogens with one attached hydrogen (secondary N) is 1. The van der Waals surface area contributed by atoms with Crippen LogP contribution in [0.1, 0.15) is 32.1 Å². The normalized spacial score (nSPS) is 16.3. The maximum atomic E-state index is 5.42. The highest BCUT2D eigenvalue weighted by atomic mass is 32.1. The van der Waals surface area contributed by atoms with Crippen molar-refractivity contribution in [1.29, 1.82) is 0 Å². The third-order valence-electron chi connectivity index (χ3n) is 3.84. The number of ether oxygens (including phenoxy) is 2. The molecule has 1 aliphatic rings. The Morgan fingerprint density at radius 1 is 1.10 bits per heavy atom. The zero-order valence-electron chi connectivity index (χ0n) is 11.9. The Hall–Kier alpha value is -1.49. The second-order valence-electron chi connectivity index (χ2n) is 5.15. The summed E-state index contributed by atoms with van der Waals surface area (Å²) < 4.78 is 11.9. The standard InChI is InChI=1S/C15H20N2O2S/c1-18-11-8-9-12(19-2)14-13(11)17-15(20-14)16-10-6-4-3-5-7-10/h8-10H,3-7H2,1-2H3,(H,16,17). The third kappa shape index (κ3) is 2.54. The fraction of sp³-hybridized carbons (Fsp3) is 0.533. The van der Waals surface area contributed by atoms with Gasteiger partial charge in [0.1, 0.15) is 21.7 Å². The zero-order valence-corrected chi connectivity index (χ0v) is 12.8. The molecule has 2 aromatic rings. The van der Waals surface area contributed by atoms with Crippen molar-refractivity contribution in [3.05, 3.63) is 12.1 Å². The van der Waals surface area contributed by atoms with Crippen LogP contribution >= 0.6 is 11.3 Å². The number of fused-ring (bicyclic) bond motifs is 1. The second kappa shape index (κ2) is 5.87. The van der Waals surface area contributed by atoms with Crippen LogP contribution in [-0.2, 0) is 0 Å². The van der Waals surface area contributed by atoms with E-state index in [4.69, 9.17) is 9.47 Å². The Balaban J connectivity index is 1.92. The first-order valence-corrected chi connectivity index (χ1v) is 7.91. The molecule has 3 rings (SSSR count). The van der Waals surface area contributed by atoms with Gasteiger partial charge in [-0.05, 0) is 25.0 Å². The molecule has 108 valence electrons. The lowest BCUT2D eigenvalue weighted by Crippen LogP contribution is -2.21. The van der Waals surface area contributed by atoms with Gasteiger partial charge in [-0.15, -0.1) is 0 Å². The van der Waals surface area contributed by atoms with Crippen molar-refractivity contribution in [1.82, 2.24) is 4.98 Å². The topological polar surface area (TPSA) is 43.4 Å². The average molecular weight is 292 g/mol. The second-order valence-corrected chi connectivity index (χ2v) is 6.15. The van der Waals surface area contributed by atoms with Gasteiger partial charge in [0.25, 0.3) is 0 Å². The predicted octanol–water partition coefficient (Wildman–Crippen LogP) is 4.06. The minimum absolute atomic E-state index is 0.557. The highest BCUT2D eigenvalue weighted by molar-refractivity contribution is 7.22. The van der Waals surface area contributed by atoms with E-state index in [9.17, 15) is 0 Å². The minimum atomic E-state index is 0.557. The van der Waals surface area contributed by atoms with Crippen molar-refractivity contribution < 1.29 is 9.47 Å². The third-order valence-corrected chi connectivity index (χ3v) is 4.84. The number of rotatable bonds is 4. The summed E-state index contributed by atoms with van der Waals surface area (Å²) in [6.07, 6.45) is 6.47. The van der Waals surface area contributed by atoms with E-state index in [1.807, 2.05) is 12.1 Å². The largest absolute Gasteiger partial charge is 0.495 e. The van der Waals surface area contributed by atoms with Crippen molar-refractivity contribution >= 4 is 26.7 Å². The van der Waals surface area contributed by atoms with Crippen LogP contribution < -0.4 is 14.8 Å². The summed E-state index contributed by atoms with van der Waals surface area (Å²) in [5.74, 6) is 1.66. The van der Waals surface area contributed by atoms with E-state index in [2.05, 4.69) is 10.3 Å². The zero-order chi connectivity index (χ0) is 13.9. The highest BCUT2D eigenvalue weighted by Crippen LogP contribution is 2.39. The summed E-state index contributed by atoms with van der Waals surface area (Å²) in [4.78, 5) is 4.69. The number of methoxy groups -OCH3 is 2. The molecule has 0 unspecified atom stereocenters. The number of aromatic nitrogens is 1. The van der Waals surface area contributed by atoms with Gasteiger partial charge in [-0.3, -0.25) is 0 Å². The van der Waals surface area contributed by atoms with Crippen LogP contribution in [0.5, 0.6) is 11.5 Å². The van der Waals surface area contributed by atoms with Crippen LogP contribution in [0.4, 0.5) is 5.13 Å². The maximum absolute atomic E-state index is 5.42. The summed E-state index contributed by atoms with van der Waals surface area (Å²) in [6.45, 7) is 0. The lowest BCUT2D eigenvalue weighted by molar-refractivity contribution is 0.410. The van der Waals surface area contributed by atoms with Gasteiger partial charge in [-0.1, -0.05) is 30.6 Å². The number of hydrogen-bond acceptors (Lipinski definition) is 5. The van der Waals surface area contributed by atoms with E-state index in [0.717, 1.165) is 26.8 Å². The van der Waals surface area contributed by atoms with Crippen LogP contribution in [0.2, 0.25) is 0 Å². The fourth-order valence-corrected chi connectivity index (χ4v) is 3.82. The number of nitrogens with zero attached hydrogens (tertiary/aromatic N) is 1. The summed E-state index contributed by atoms with van der Waals surface area (Å²) in [5.41, 5.74) is 0.884. The molecule has 20 heavy (non-hydrogen) atoms. The van der Waals surface area contributed by atoms with Crippen LogP contribution in [0.15, 0.2) is 12.1 Å². The molecule has 0 bridgehead atoms. The van der Waals surface area contributed by atoms with E-state index in [0.29, 0.717) is 6.04 Å². The first kappa shape index (κ1) is 13.5. The van der Waals surface area contributed by atoms with Crippen LogP contribution in [-0.4, -0.2) is 25.2 Å². The van der Waals surface area contributed by atoms with Crippen LogP contribution in [0.3, 0.4) is 0 Å². The SMILES string of the molecule is COc1ccc(OC)c2sc(NC3CCCCC3)nc12. The van der Waals surface area contributed by atoms with Crippen molar-refractivity contribution in [3.8, 4) is 11.5 Å². The lowest BCUT2D eigenvalue weighted by Gasteiger charge is -2.22. The first-order valence-electron chi connectivity index (χ1n) is 7.10. The van der Waals surface area contributed by atoms with Gasteiger partial charge in [0.05, 0.1) is 14.2 Å². The van der Waals surface area contributed by atoms with E-state index < -0.39 is 0 Å². The molecule has 1 heterocycles. The minimum Gasteiger partial charge on any atom is -0.495 e. The molecule has 4 nitrogen and oxygen atoms in total. The van der Waals surface area contributed by atoms with E-state index >= 15 is 0 Å². The molecule has 1 N–H and O–H groups in total. The average Bonchev–Trinajstić information content (AvgIpc) is 2.90. The summed E-state index contributed by atoms with van der Waals surface area (Å²) in [7, 11) is 3.37. The number of anilines is 1. The first-order chi connectivity index (χ1) is 9.81. The lowest BCUT2D eigenvalue weighted by atomic mass is 9.96. The van der Waals surface area contributed by atoms with E-state index in [-0.39, 0.29) is 0 Å². The molecule has 1 saturated carbocycles. The van der Waals surface area contributed by atoms with Gasteiger partial charge in [0.2, 0.25) is 0 Å². The Labute approximate surface area is 123 Å². The van der Waals surface area contributed by atoms with Crippen LogP contribution in [0, 0.1) is 0 Å². The van der Waals surface area contributed by atoms with Crippen molar-refractivity contribution in [3.63, 3.8) is 0 Å². The summed E-state index contributed by atoms with van der Waals surface area (Å²) >= 11 is 1.64. The van der Waals surface area contributed by atoms with Gasteiger partial charge in [0, 0.05) is 6.04 Å². The molecule has 1 fully saturated rings. The van der Waals surface area contributed by atoms with Crippen molar-refractivity contribution in [2.24, 2.45) is 0 Å². The van der Waals surface area contributed by atoms with Crippen LogP contribution in [0.25, 0.3) is 10.2 Å². The molecule has 0 aliphatic heterocycles. The smallest absolute Gasteiger partial charge is 0.184 e. The van der Waals surface area contributed by atoms with Crippen molar-refractivity contribution in [2.45, 2.75) is 38.1 Å². The van der Waals surface area contributed by atoms with E-state index in [1.54, 1.807) is 25.6 Å². The molecule has 0 atom stereocenters. The fourth-order valence-electron chi connectivity index (χ4n) is 2.77. The molecule has 0 spiro atoms. The molecular weight excluding hydrogens is 272 g/mol. The molecule has 1 aromatic carbocycles. The Bertz CT molecular complexity index is 550. The van der Waals surface area contributed by atoms with Gasteiger partial charge in [-0.25, -0.2) is 4.98 Å². The highest BCUT2D eigenvalue weighted by Gasteiger charge is 2.17. The molecule has 1 aliphatic carbocycles. The Morgan fingerprint density at radius 2 is 1.80 bits per heavy atom. The predicted molar refractivity (Wildman–Crippen MR) is 83.2 cm³/mol. The molecule has 5 heteroatoms. The quantitative estimate of drug-likeness (QED) is 0.923. The molecular formula is C15H20N2O2S. The van der Waals surface area contributed by atoms with Gasteiger partial charge in [0.15, 0.2) is 5.13 Å².